The van der Waals surface area contributed by atoms with Gasteiger partial charge >= 0.3 is 0 Å². The van der Waals surface area contributed by atoms with E-state index in [4.69, 9.17) is 20.8 Å². The number of aromatic nitrogens is 2. The van der Waals surface area contributed by atoms with Crippen molar-refractivity contribution in [3.63, 3.8) is 0 Å². The molecule has 1 saturated heterocycles. The van der Waals surface area contributed by atoms with Gasteiger partial charge in [0.25, 0.3) is 5.91 Å². The van der Waals surface area contributed by atoms with Crippen molar-refractivity contribution in [1.29, 1.82) is 0 Å². The fourth-order valence-electron chi connectivity index (χ4n) is 3.06. The van der Waals surface area contributed by atoms with Gasteiger partial charge in [-0.2, -0.15) is 5.10 Å². The summed E-state index contributed by atoms with van der Waals surface area (Å²) in [5.41, 5.74) is 1.82. The summed E-state index contributed by atoms with van der Waals surface area (Å²) in [7, 11) is 0. The molecule has 26 heavy (non-hydrogen) atoms. The molecule has 0 saturated carbocycles. The SMILES string of the molecule is CC1CN(C(=O)c2cc(-c3ccco3)n(-c3cccc(Cl)c3)n2)CCO1. The van der Waals surface area contributed by atoms with Crippen molar-refractivity contribution in [3.8, 4) is 17.1 Å². The van der Waals surface area contributed by atoms with Gasteiger partial charge < -0.3 is 14.1 Å². The van der Waals surface area contributed by atoms with Crippen molar-refractivity contribution in [2.45, 2.75) is 13.0 Å². The van der Waals surface area contributed by atoms with Crippen LogP contribution in [0.3, 0.4) is 0 Å². The molecule has 0 bridgehead atoms. The van der Waals surface area contributed by atoms with Gasteiger partial charge in [0, 0.05) is 24.2 Å². The highest BCUT2D eigenvalue weighted by Gasteiger charge is 2.26. The average molecular weight is 372 g/mol. The molecule has 3 aromatic rings. The van der Waals surface area contributed by atoms with Gasteiger partial charge in [-0.15, -0.1) is 0 Å². The highest BCUT2D eigenvalue weighted by molar-refractivity contribution is 6.30. The number of ether oxygens (including phenoxy) is 1. The molecule has 1 aromatic carbocycles. The van der Waals surface area contributed by atoms with Crippen LogP contribution in [0.2, 0.25) is 5.02 Å². The fourth-order valence-corrected chi connectivity index (χ4v) is 3.24. The molecule has 134 valence electrons. The lowest BCUT2D eigenvalue weighted by Gasteiger charge is -2.30. The van der Waals surface area contributed by atoms with Crippen LogP contribution in [0.15, 0.2) is 53.1 Å². The van der Waals surface area contributed by atoms with E-state index in [0.29, 0.717) is 41.9 Å². The van der Waals surface area contributed by atoms with Crippen molar-refractivity contribution in [2.75, 3.05) is 19.7 Å². The van der Waals surface area contributed by atoms with E-state index >= 15 is 0 Å². The monoisotopic (exact) mass is 371 g/mol. The Hall–Kier alpha value is -2.57. The number of hydrogen-bond donors (Lipinski definition) is 0. The first-order valence-corrected chi connectivity index (χ1v) is 8.80. The van der Waals surface area contributed by atoms with E-state index in [2.05, 4.69) is 5.10 Å². The van der Waals surface area contributed by atoms with Crippen LogP contribution in [0.1, 0.15) is 17.4 Å². The fraction of sp³-hybridized carbons (Fsp3) is 0.263. The van der Waals surface area contributed by atoms with Crippen molar-refractivity contribution < 1.29 is 13.9 Å². The predicted molar refractivity (Wildman–Crippen MR) is 97.6 cm³/mol. The third-order valence-corrected chi connectivity index (χ3v) is 4.52. The van der Waals surface area contributed by atoms with E-state index in [0.717, 1.165) is 5.69 Å². The summed E-state index contributed by atoms with van der Waals surface area (Å²) in [5, 5.41) is 5.14. The van der Waals surface area contributed by atoms with Crippen LogP contribution in [0, 0.1) is 0 Å². The molecule has 7 heteroatoms. The number of nitrogens with zero attached hydrogens (tertiary/aromatic N) is 3. The number of rotatable bonds is 3. The highest BCUT2D eigenvalue weighted by Crippen LogP contribution is 2.26. The van der Waals surface area contributed by atoms with Gasteiger partial charge in [-0.25, -0.2) is 4.68 Å². The zero-order valence-corrected chi connectivity index (χ0v) is 15.0. The lowest BCUT2D eigenvalue weighted by atomic mass is 10.2. The molecular formula is C19H18ClN3O3. The normalized spacial score (nSPS) is 17.5. The maximum absolute atomic E-state index is 12.9. The van der Waals surface area contributed by atoms with Crippen LogP contribution in [-0.4, -0.2) is 46.4 Å². The number of halogens is 1. The molecule has 2 aromatic heterocycles. The molecule has 1 fully saturated rings. The van der Waals surface area contributed by atoms with Crippen molar-refractivity contribution in [1.82, 2.24) is 14.7 Å². The first kappa shape index (κ1) is 16.9. The lowest BCUT2D eigenvalue weighted by Crippen LogP contribution is -2.44. The summed E-state index contributed by atoms with van der Waals surface area (Å²) in [5.74, 6) is 0.514. The lowest BCUT2D eigenvalue weighted by molar-refractivity contribution is -0.0126. The van der Waals surface area contributed by atoms with Crippen LogP contribution in [0.5, 0.6) is 0 Å². The van der Waals surface area contributed by atoms with Gasteiger partial charge in [-0.05, 0) is 37.3 Å². The second kappa shape index (κ2) is 6.97. The van der Waals surface area contributed by atoms with Gasteiger partial charge in [0.15, 0.2) is 11.5 Å². The quantitative estimate of drug-likeness (QED) is 0.705. The molecule has 1 amide bonds. The minimum Gasteiger partial charge on any atom is -0.463 e. The summed E-state index contributed by atoms with van der Waals surface area (Å²) < 4.78 is 12.7. The first-order chi connectivity index (χ1) is 12.6. The van der Waals surface area contributed by atoms with E-state index in [1.54, 1.807) is 40.1 Å². The van der Waals surface area contributed by atoms with E-state index in [1.807, 2.05) is 25.1 Å². The maximum Gasteiger partial charge on any atom is 0.274 e. The van der Waals surface area contributed by atoms with Crippen LogP contribution in [0.25, 0.3) is 17.1 Å². The minimum absolute atomic E-state index is 0.0206. The number of hydrogen-bond acceptors (Lipinski definition) is 4. The number of carbonyl (C=O) groups is 1. The zero-order chi connectivity index (χ0) is 18.1. The molecule has 3 heterocycles. The van der Waals surface area contributed by atoms with E-state index in [9.17, 15) is 4.79 Å². The van der Waals surface area contributed by atoms with E-state index in [1.165, 1.54) is 0 Å². The molecule has 1 aliphatic heterocycles. The Balaban J connectivity index is 1.75. The van der Waals surface area contributed by atoms with Gasteiger partial charge in [0.05, 0.1) is 24.7 Å². The number of furan rings is 1. The van der Waals surface area contributed by atoms with Crippen molar-refractivity contribution in [3.05, 3.63) is 59.4 Å². The summed E-state index contributed by atoms with van der Waals surface area (Å²) in [6.45, 7) is 3.60. The number of benzene rings is 1. The zero-order valence-electron chi connectivity index (χ0n) is 14.3. The van der Waals surface area contributed by atoms with Crippen LogP contribution < -0.4 is 0 Å². The second-order valence-corrected chi connectivity index (χ2v) is 6.65. The van der Waals surface area contributed by atoms with Crippen LogP contribution >= 0.6 is 11.6 Å². The Morgan fingerprint density at radius 1 is 1.27 bits per heavy atom. The molecule has 0 aliphatic carbocycles. The third kappa shape index (κ3) is 3.25. The Morgan fingerprint density at radius 3 is 2.88 bits per heavy atom. The smallest absolute Gasteiger partial charge is 0.274 e. The van der Waals surface area contributed by atoms with Crippen molar-refractivity contribution in [2.24, 2.45) is 0 Å². The molecule has 1 atom stereocenters. The molecule has 4 rings (SSSR count). The largest absolute Gasteiger partial charge is 0.463 e. The number of amides is 1. The Labute approximate surface area is 155 Å². The highest BCUT2D eigenvalue weighted by atomic mass is 35.5. The van der Waals surface area contributed by atoms with Gasteiger partial charge in [0.1, 0.15) is 5.69 Å². The predicted octanol–water partition coefficient (Wildman–Crippen LogP) is 3.65. The maximum atomic E-state index is 12.9. The average Bonchev–Trinajstić information content (AvgIpc) is 3.30. The van der Waals surface area contributed by atoms with Gasteiger partial charge in [0.2, 0.25) is 0 Å². The van der Waals surface area contributed by atoms with Crippen molar-refractivity contribution >= 4 is 17.5 Å². The first-order valence-electron chi connectivity index (χ1n) is 8.42. The molecule has 0 spiro atoms. The number of carbonyl (C=O) groups excluding carboxylic acids is 1. The molecular weight excluding hydrogens is 354 g/mol. The Morgan fingerprint density at radius 2 is 2.15 bits per heavy atom. The van der Waals surface area contributed by atoms with Gasteiger partial charge in [-0.3, -0.25) is 4.79 Å². The van der Waals surface area contributed by atoms with Crippen LogP contribution in [0.4, 0.5) is 0 Å². The van der Waals surface area contributed by atoms with E-state index in [-0.39, 0.29) is 12.0 Å². The topological polar surface area (TPSA) is 60.5 Å². The van der Waals surface area contributed by atoms with Crippen LogP contribution in [-0.2, 0) is 4.74 Å². The van der Waals surface area contributed by atoms with E-state index < -0.39 is 0 Å². The Kier molecular flexibility index (Phi) is 4.53. The number of morpholine rings is 1. The molecule has 1 aliphatic rings. The summed E-state index contributed by atoms with van der Waals surface area (Å²) >= 11 is 6.13. The molecule has 6 nitrogen and oxygen atoms in total. The molecule has 0 radical (unpaired) electrons. The Bertz CT molecular complexity index is 920. The van der Waals surface area contributed by atoms with Gasteiger partial charge in [-0.1, -0.05) is 17.7 Å². The minimum atomic E-state index is -0.117. The standard InChI is InChI=1S/C19H18ClN3O3/c1-13-12-22(7-9-25-13)19(24)16-11-17(18-6-3-8-26-18)23(21-16)15-5-2-4-14(20)10-15/h2-6,8,10-11,13H,7,9,12H2,1H3. The summed E-state index contributed by atoms with van der Waals surface area (Å²) in [4.78, 5) is 14.7. The molecule has 1 unspecified atom stereocenters. The summed E-state index contributed by atoms with van der Waals surface area (Å²) in [6.07, 6.45) is 1.61. The second-order valence-electron chi connectivity index (χ2n) is 6.22. The summed E-state index contributed by atoms with van der Waals surface area (Å²) in [6, 6.07) is 12.7. The molecule has 0 N–H and O–H groups in total. The third-order valence-electron chi connectivity index (χ3n) is 4.28.